The van der Waals surface area contributed by atoms with Gasteiger partial charge >= 0.3 is 0 Å². The molecule has 4 rings (SSSR count). The van der Waals surface area contributed by atoms with Crippen molar-refractivity contribution in [3.05, 3.63) is 140 Å². The molecule has 0 unspecified atom stereocenters. The Morgan fingerprint density at radius 1 is 0.358 bits per heavy atom. The number of hydrogen-bond acceptors (Lipinski definition) is 4. The second-order valence-corrected chi connectivity index (χ2v) is 19.3. The van der Waals surface area contributed by atoms with Crippen molar-refractivity contribution in [2.45, 2.75) is 162 Å². The molecule has 0 aliphatic rings. The number of benzene rings is 4. The van der Waals surface area contributed by atoms with Crippen molar-refractivity contribution in [2.24, 2.45) is 0 Å². The second kappa shape index (κ2) is 16.6. The van der Waals surface area contributed by atoms with Gasteiger partial charge in [-0.15, -0.1) is 0 Å². The Morgan fingerprint density at radius 3 is 0.736 bits per heavy atom. The molecule has 4 heteroatoms. The first kappa shape index (κ1) is 42.5. The highest BCUT2D eigenvalue weighted by Crippen LogP contribution is 2.41. The molecule has 4 N–H and O–H groups in total. The summed E-state index contributed by atoms with van der Waals surface area (Å²) in [5, 5.41) is 41.1. The first-order valence-corrected chi connectivity index (χ1v) is 19.6. The molecule has 288 valence electrons. The summed E-state index contributed by atoms with van der Waals surface area (Å²) in [6, 6.07) is 26.5. The van der Waals surface area contributed by atoms with Crippen LogP contribution in [0.2, 0.25) is 0 Å². The minimum Gasteiger partial charge on any atom is -0.392 e. The molecule has 0 saturated heterocycles. The molecule has 0 aliphatic carbocycles. The van der Waals surface area contributed by atoms with Crippen molar-refractivity contribution in [3.8, 4) is 0 Å². The van der Waals surface area contributed by atoms with E-state index in [2.05, 4.69) is 156 Å². The Bertz CT molecular complexity index is 1570. The Kier molecular flexibility index (Phi) is 13.3. The molecule has 0 radical (unpaired) electrons. The minimum atomic E-state index is -0.127. The van der Waals surface area contributed by atoms with Crippen LogP contribution in [-0.2, 0) is 48.1 Å². The maximum absolute atomic E-state index is 10.3. The molecular weight excluding hydrogens is 653 g/mol. The lowest BCUT2D eigenvalue weighted by atomic mass is 9.75. The molecule has 0 fully saturated rings. The van der Waals surface area contributed by atoms with Gasteiger partial charge in [0.2, 0.25) is 0 Å². The number of aliphatic hydroxyl groups excluding tert-OH is 4. The summed E-state index contributed by atoms with van der Waals surface area (Å²) in [7, 11) is 0. The molecule has 0 amide bonds. The van der Waals surface area contributed by atoms with Crippen molar-refractivity contribution in [1.29, 1.82) is 0 Å². The number of rotatable bonds is 12. The average Bonchev–Trinajstić information content (AvgIpc) is 3.09. The Morgan fingerprint density at radius 2 is 0.566 bits per heavy atom. The SMILES string of the molecule is CC(C)(C)c1cc(C(CCCC(c2ccc(CO)c(C(C)(C)C)c2)c2ccc(CO)c(C(C)(C)C)c2)c2ccc(CO)c(C(C)(C)C)c2)ccc1CO. The fourth-order valence-corrected chi connectivity index (χ4v) is 8.17. The molecule has 4 nitrogen and oxygen atoms in total. The Hall–Kier alpha value is -3.28. The van der Waals surface area contributed by atoms with Crippen LogP contribution < -0.4 is 0 Å². The zero-order valence-corrected chi connectivity index (χ0v) is 34.8. The van der Waals surface area contributed by atoms with Crippen LogP contribution in [0.5, 0.6) is 0 Å². The third-order valence-corrected chi connectivity index (χ3v) is 11.0. The predicted octanol–water partition coefficient (Wildman–Crippen LogP) is 11.0. The van der Waals surface area contributed by atoms with Gasteiger partial charge in [-0.05, 0) is 101 Å². The molecule has 0 spiro atoms. The summed E-state index contributed by atoms with van der Waals surface area (Å²) in [5.41, 5.74) is 13.0. The zero-order chi connectivity index (χ0) is 39.5. The van der Waals surface area contributed by atoms with Crippen LogP contribution in [0.15, 0.2) is 72.8 Å². The smallest absolute Gasteiger partial charge is 0.0684 e. The van der Waals surface area contributed by atoms with E-state index in [1.807, 2.05) is 0 Å². The van der Waals surface area contributed by atoms with E-state index >= 15 is 0 Å². The van der Waals surface area contributed by atoms with Gasteiger partial charge in [0.1, 0.15) is 0 Å². The van der Waals surface area contributed by atoms with Crippen molar-refractivity contribution >= 4 is 0 Å². The van der Waals surface area contributed by atoms with Crippen molar-refractivity contribution in [3.63, 3.8) is 0 Å². The van der Waals surface area contributed by atoms with Crippen molar-refractivity contribution in [2.75, 3.05) is 0 Å². The van der Waals surface area contributed by atoms with Crippen LogP contribution in [-0.4, -0.2) is 20.4 Å². The van der Waals surface area contributed by atoms with E-state index in [0.29, 0.717) is 0 Å². The molecule has 0 aromatic heterocycles. The molecule has 4 aromatic rings. The van der Waals surface area contributed by atoms with Crippen LogP contribution >= 0.6 is 0 Å². The molecule has 4 aromatic carbocycles. The quantitative estimate of drug-likeness (QED) is 0.117. The van der Waals surface area contributed by atoms with Gasteiger partial charge in [0.05, 0.1) is 26.4 Å². The summed E-state index contributed by atoms with van der Waals surface area (Å²) in [4.78, 5) is 0. The fourth-order valence-electron chi connectivity index (χ4n) is 8.17. The van der Waals surface area contributed by atoms with E-state index in [4.69, 9.17) is 0 Å². The summed E-state index contributed by atoms with van der Waals surface area (Å²) in [5.74, 6) is 0.226. The van der Waals surface area contributed by atoms with E-state index in [0.717, 1.165) is 41.5 Å². The normalized spacial score (nSPS) is 13.0. The average molecular weight is 721 g/mol. The van der Waals surface area contributed by atoms with Crippen LogP contribution in [0.25, 0.3) is 0 Å². The number of hydrogen-bond donors (Lipinski definition) is 4. The lowest BCUT2D eigenvalue weighted by Crippen LogP contribution is -2.18. The van der Waals surface area contributed by atoms with Gasteiger partial charge in [0.15, 0.2) is 0 Å². The van der Waals surface area contributed by atoms with Crippen LogP contribution in [0.3, 0.4) is 0 Å². The maximum Gasteiger partial charge on any atom is 0.0684 e. The second-order valence-electron chi connectivity index (χ2n) is 19.3. The molecule has 0 atom stereocenters. The maximum atomic E-state index is 10.3. The molecule has 53 heavy (non-hydrogen) atoms. The zero-order valence-electron chi connectivity index (χ0n) is 34.8. The highest BCUT2D eigenvalue weighted by molar-refractivity contribution is 5.47. The van der Waals surface area contributed by atoms with Crippen LogP contribution in [0.4, 0.5) is 0 Å². The highest BCUT2D eigenvalue weighted by Gasteiger charge is 2.27. The summed E-state index contributed by atoms with van der Waals surface area (Å²) in [6.07, 6.45) is 2.79. The molecule has 0 saturated carbocycles. The lowest BCUT2D eigenvalue weighted by molar-refractivity contribution is 0.278. The summed E-state index contributed by atoms with van der Waals surface area (Å²) < 4.78 is 0. The monoisotopic (exact) mass is 721 g/mol. The third-order valence-electron chi connectivity index (χ3n) is 11.0. The first-order valence-electron chi connectivity index (χ1n) is 19.6. The Balaban J connectivity index is 1.86. The first-order chi connectivity index (χ1) is 24.6. The minimum absolute atomic E-state index is 0.00977. The molecule has 0 heterocycles. The van der Waals surface area contributed by atoms with Gasteiger partial charge in [-0.3, -0.25) is 0 Å². The van der Waals surface area contributed by atoms with Gasteiger partial charge in [0.25, 0.3) is 0 Å². The number of aliphatic hydroxyl groups is 4. The van der Waals surface area contributed by atoms with Gasteiger partial charge < -0.3 is 20.4 Å². The van der Waals surface area contributed by atoms with Gasteiger partial charge in [0, 0.05) is 11.8 Å². The van der Waals surface area contributed by atoms with Gasteiger partial charge in [-0.25, -0.2) is 0 Å². The third kappa shape index (κ3) is 10.1. The highest BCUT2D eigenvalue weighted by atomic mass is 16.3. The fraction of sp³-hybridized carbons (Fsp3) is 0.510. The molecular formula is C49H68O4. The Labute approximate surface area is 321 Å². The van der Waals surface area contributed by atoms with E-state index in [-0.39, 0.29) is 59.9 Å². The van der Waals surface area contributed by atoms with Gasteiger partial charge in [-0.2, -0.15) is 0 Å². The summed E-state index contributed by atoms with van der Waals surface area (Å²) in [6.45, 7) is 26.5. The standard InChI is InChI=1S/C49H68O4/c1-46(2,3)42-24-32(16-20-36(42)28-50)40(33-17-21-37(29-51)43(25-33)47(4,5)6)14-13-15-41(34-18-22-38(30-52)44(26-34)48(7,8)9)35-19-23-39(31-53)45(27-35)49(10,11)12/h16-27,40-41,50-53H,13-15,28-31H2,1-12H3. The molecule has 0 bridgehead atoms. The largest absolute Gasteiger partial charge is 0.392 e. The topological polar surface area (TPSA) is 80.9 Å². The predicted molar refractivity (Wildman–Crippen MR) is 222 cm³/mol. The van der Waals surface area contributed by atoms with Crippen molar-refractivity contribution < 1.29 is 20.4 Å². The van der Waals surface area contributed by atoms with E-state index in [9.17, 15) is 20.4 Å². The van der Waals surface area contributed by atoms with Crippen molar-refractivity contribution in [1.82, 2.24) is 0 Å². The molecule has 0 aliphatic heterocycles. The summed E-state index contributed by atoms with van der Waals surface area (Å²) >= 11 is 0. The van der Waals surface area contributed by atoms with E-state index in [1.54, 1.807) is 0 Å². The van der Waals surface area contributed by atoms with E-state index < -0.39 is 0 Å². The van der Waals surface area contributed by atoms with Gasteiger partial charge in [-0.1, -0.05) is 162 Å². The lowest BCUT2D eigenvalue weighted by Gasteiger charge is -2.29. The van der Waals surface area contributed by atoms with Crippen LogP contribution in [0.1, 0.15) is 181 Å². The van der Waals surface area contributed by atoms with Crippen LogP contribution in [0, 0.1) is 0 Å². The van der Waals surface area contributed by atoms with E-state index in [1.165, 1.54) is 44.5 Å².